The number of alkyl halides is 3. The van der Waals surface area contributed by atoms with Crippen LogP contribution in [-0.4, -0.2) is 15.7 Å². The molecule has 0 saturated carbocycles. The molecule has 0 bridgehead atoms. The van der Waals surface area contributed by atoms with Crippen LogP contribution in [0.5, 0.6) is 0 Å². The molecule has 0 radical (unpaired) electrons. The van der Waals surface area contributed by atoms with Gasteiger partial charge < -0.3 is 5.32 Å². The first kappa shape index (κ1) is 15.4. The van der Waals surface area contributed by atoms with Crippen LogP contribution in [0.15, 0.2) is 24.3 Å². The Bertz CT molecular complexity index is 694. The van der Waals surface area contributed by atoms with Crippen molar-refractivity contribution in [2.75, 3.05) is 5.32 Å². The summed E-state index contributed by atoms with van der Waals surface area (Å²) in [4.78, 5) is 12.0. The number of nitrogens with zero attached hydrogens (tertiary/aromatic N) is 2. The van der Waals surface area contributed by atoms with Gasteiger partial charge in [0.25, 0.3) is 5.91 Å². The van der Waals surface area contributed by atoms with Crippen molar-refractivity contribution in [1.29, 1.82) is 0 Å². The van der Waals surface area contributed by atoms with E-state index >= 15 is 0 Å². The smallest absolute Gasteiger partial charge is 0.319 e. The van der Waals surface area contributed by atoms with Crippen LogP contribution in [0.3, 0.4) is 0 Å². The molecule has 1 aromatic heterocycles. The largest absolute Gasteiger partial charge is 0.416 e. The number of aromatic nitrogens is 2. The van der Waals surface area contributed by atoms with Crippen molar-refractivity contribution in [1.82, 2.24) is 9.78 Å². The highest BCUT2D eigenvalue weighted by Crippen LogP contribution is 2.33. The van der Waals surface area contributed by atoms with Crippen molar-refractivity contribution in [2.45, 2.75) is 13.1 Å². The van der Waals surface area contributed by atoms with Crippen molar-refractivity contribution in [3.8, 4) is 0 Å². The lowest BCUT2D eigenvalue weighted by molar-refractivity contribution is -0.137. The van der Waals surface area contributed by atoms with Gasteiger partial charge in [0, 0.05) is 7.05 Å². The summed E-state index contributed by atoms with van der Waals surface area (Å²) in [5.41, 5.74) is -0.141. The normalized spacial score (nSPS) is 11.5. The van der Waals surface area contributed by atoms with E-state index in [1.54, 1.807) is 14.0 Å². The number of anilines is 1. The van der Waals surface area contributed by atoms with Gasteiger partial charge in [0.15, 0.2) is 0 Å². The van der Waals surface area contributed by atoms with Crippen LogP contribution in [0.25, 0.3) is 0 Å². The molecule has 2 rings (SSSR count). The number of carbonyl (C=O) groups is 1. The second kappa shape index (κ2) is 5.40. The maximum absolute atomic E-state index is 12.7. The zero-order valence-corrected chi connectivity index (χ0v) is 11.9. The number of carbonyl (C=O) groups excluding carboxylic acids is 1. The summed E-state index contributed by atoms with van der Waals surface area (Å²) >= 11 is 5.82. The maximum Gasteiger partial charge on any atom is 0.416 e. The molecule has 1 amide bonds. The minimum Gasteiger partial charge on any atom is -0.319 e. The highest BCUT2D eigenvalue weighted by Gasteiger charge is 2.31. The third-order valence-electron chi connectivity index (χ3n) is 2.78. The van der Waals surface area contributed by atoms with E-state index in [0.717, 1.165) is 18.2 Å². The number of benzene rings is 1. The number of amides is 1. The van der Waals surface area contributed by atoms with Gasteiger partial charge in [0.2, 0.25) is 0 Å². The Kier molecular flexibility index (Phi) is 3.95. The molecule has 0 fully saturated rings. The number of nitrogens with one attached hydrogen (secondary N) is 1. The predicted molar refractivity (Wildman–Crippen MR) is 72.4 cm³/mol. The molecule has 8 heteroatoms. The molecule has 0 spiro atoms. The summed E-state index contributed by atoms with van der Waals surface area (Å²) in [6.45, 7) is 1.70. The first-order valence-corrected chi connectivity index (χ1v) is 6.25. The summed E-state index contributed by atoms with van der Waals surface area (Å²) in [6, 6.07) is 4.26. The summed E-state index contributed by atoms with van der Waals surface area (Å²) < 4.78 is 39.3. The zero-order valence-electron chi connectivity index (χ0n) is 11.1. The summed E-state index contributed by atoms with van der Waals surface area (Å²) in [6.07, 6.45) is -4.51. The van der Waals surface area contributed by atoms with Crippen LogP contribution < -0.4 is 5.32 Å². The molecule has 0 saturated heterocycles. The van der Waals surface area contributed by atoms with Crippen LogP contribution in [0.1, 0.15) is 21.7 Å². The van der Waals surface area contributed by atoms with Crippen molar-refractivity contribution < 1.29 is 18.0 Å². The average Bonchev–Trinajstić information content (AvgIpc) is 2.70. The van der Waals surface area contributed by atoms with Crippen LogP contribution in [0, 0.1) is 6.92 Å². The Labute approximate surface area is 123 Å². The molecule has 0 unspecified atom stereocenters. The predicted octanol–water partition coefficient (Wildman–Crippen LogP) is 3.65. The van der Waals surface area contributed by atoms with Crippen molar-refractivity contribution >= 4 is 23.2 Å². The zero-order chi connectivity index (χ0) is 15.8. The van der Waals surface area contributed by atoms with E-state index in [4.69, 9.17) is 11.6 Å². The van der Waals surface area contributed by atoms with Crippen LogP contribution in [0.4, 0.5) is 18.9 Å². The van der Waals surface area contributed by atoms with Gasteiger partial charge in [-0.15, -0.1) is 0 Å². The highest BCUT2D eigenvalue weighted by atomic mass is 35.5. The Morgan fingerprint density at radius 3 is 2.52 bits per heavy atom. The minimum absolute atomic E-state index is 0.0234. The lowest BCUT2D eigenvalue weighted by Gasteiger charge is -2.11. The summed E-state index contributed by atoms with van der Waals surface area (Å²) in [5.74, 6) is -0.584. The average molecular weight is 318 g/mol. The van der Waals surface area contributed by atoms with Gasteiger partial charge in [-0.3, -0.25) is 9.48 Å². The van der Waals surface area contributed by atoms with Gasteiger partial charge in [-0.05, 0) is 31.2 Å². The molecule has 21 heavy (non-hydrogen) atoms. The quantitative estimate of drug-likeness (QED) is 0.919. The molecule has 0 aliphatic carbocycles. The van der Waals surface area contributed by atoms with Gasteiger partial charge in [0.05, 0.1) is 22.0 Å². The van der Waals surface area contributed by atoms with Gasteiger partial charge in [-0.2, -0.15) is 18.3 Å². The van der Waals surface area contributed by atoms with E-state index in [0.29, 0.717) is 5.69 Å². The first-order valence-electron chi connectivity index (χ1n) is 5.87. The van der Waals surface area contributed by atoms with E-state index < -0.39 is 17.6 Å². The summed E-state index contributed by atoms with van der Waals surface area (Å²) in [7, 11) is 1.57. The summed E-state index contributed by atoms with van der Waals surface area (Å²) in [5, 5.41) is 6.38. The lowest BCUT2D eigenvalue weighted by Crippen LogP contribution is -2.17. The van der Waals surface area contributed by atoms with E-state index in [1.807, 2.05) is 0 Å². The Hall–Kier alpha value is -2.02. The molecule has 112 valence electrons. The first-order chi connectivity index (χ1) is 9.68. The highest BCUT2D eigenvalue weighted by molar-refractivity contribution is 6.33. The monoisotopic (exact) mass is 317 g/mol. The molecule has 1 aromatic carbocycles. The van der Waals surface area contributed by atoms with Gasteiger partial charge >= 0.3 is 6.18 Å². The van der Waals surface area contributed by atoms with Crippen LogP contribution in [-0.2, 0) is 13.2 Å². The number of aryl methyl sites for hydroxylation is 2. The van der Waals surface area contributed by atoms with Crippen LogP contribution in [0.2, 0.25) is 5.02 Å². The topological polar surface area (TPSA) is 46.9 Å². The maximum atomic E-state index is 12.7. The number of hydrogen-bond acceptors (Lipinski definition) is 2. The Morgan fingerprint density at radius 1 is 1.33 bits per heavy atom. The molecule has 1 N–H and O–H groups in total. The number of hydrogen-bond donors (Lipinski definition) is 1. The number of rotatable bonds is 2. The van der Waals surface area contributed by atoms with Crippen molar-refractivity contribution in [3.05, 3.63) is 46.2 Å². The fourth-order valence-electron chi connectivity index (χ4n) is 1.81. The van der Waals surface area contributed by atoms with Gasteiger partial charge in [0.1, 0.15) is 5.69 Å². The molecule has 4 nitrogen and oxygen atoms in total. The van der Waals surface area contributed by atoms with Gasteiger partial charge in [-0.25, -0.2) is 0 Å². The van der Waals surface area contributed by atoms with Crippen LogP contribution >= 0.6 is 11.6 Å². The molecule has 0 aliphatic rings. The van der Waals surface area contributed by atoms with E-state index in [1.165, 1.54) is 10.7 Å². The second-order valence-electron chi connectivity index (χ2n) is 4.44. The lowest BCUT2D eigenvalue weighted by atomic mass is 10.2. The third kappa shape index (κ3) is 3.36. The Balaban J connectivity index is 2.31. The molecule has 1 heterocycles. The molecular weight excluding hydrogens is 307 g/mol. The fourth-order valence-corrected chi connectivity index (χ4v) is 1.97. The molecule has 0 atom stereocenters. The van der Waals surface area contributed by atoms with E-state index in [2.05, 4.69) is 10.4 Å². The molecular formula is C13H11ClF3N3O. The SMILES string of the molecule is Cc1cc(C(=O)Nc2cc(C(F)(F)F)ccc2Cl)n(C)n1. The van der Waals surface area contributed by atoms with E-state index in [9.17, 15) is 18.0 Å². The standard InChI is InChI=1S/C13H11ClF3N3O/c1-7-5-11(20(2)19-7)12(21)18-10-6-8(13(15,16)17)3-4-9(10)14/h3-6H,1-2H3,(H,18,21). The molecule has 2 aromatic rings. The molecule has 0 aliphatic heterocycles. The number of halogens is 4. The Morgan fingerprint density at radius 2 is 2.00 bits per heavy atom. The van der Waals surface area contributed by atoms with Gasteiger partial charge in [-0.1, -0.05) is 11.6 Å². The van der Waals surface area contributed by atoms with Crippen molar-refractivity contribution in [3.63, 3.8) is 0 Å². The van der Waals surface area contributed by atoms with E-state index in [-0.39, 0.29) is 16.4 Å². The third-order valence-corrected chi connectivity index (χ3v) is 3.11. The fraction of sp³-hybridized carbons (Fsp3) is 0.231. The van der Waals surface area contributed by atoms with Crippen molar-refractivity contribution in [2.24, 2.45) is 7.05 Å². The minimum atomic E-state index is -4.51. The second-order valence-corrected chi connectivity index (χ2v) is 4.85.